The highest BCUT2D eigenvalue weighted by Crippen LogP contribution is 2.31. The summed E-state index contributed by atoms with van der Waals surface area (Å²) < 4.78 is 38.5. The van der Waals surface area contributed by atoms with Crippen molar-refractivity contribution in [3.63, 3.8) is 0 Å². The monoisotopic (exact) mass is 467 g/mol. The Morgan fingerprint density at radius 1 is 0.912 bits per heavy atom. The molecule has 2 heterocycles. The van der Waals surface area contributed by atoms with Gasteiger partial charge in [0.2, 0.25) is 5.88 Å². The summed E-state index contributed by atoms with van der Waals surface area (Å²) in [5.41, 5.74) is 1.86. The van der Waals surface area contributed by atoms with Gasteiger partial charge in [-0.25, -0.2) is 23.5 Å². The second-order valence-corrected chi connectivity index (χ2v) is 9.20. The lowest BCUT2D eigenvalue weighted by molar-refractivity contribution is 0.0123. The zero-order chi connectivity index (χ0) is 24.3. The van der Waals surface area contributed by atoms with Crippen LogP contribution < -0.4 is 4.74 Å². The largest absolute Gasteiger partial charge is 0.473 e. The molecule has 4 rings (SSSR count). The molecule has 0 spiro atoms. The number of halogens is 2. The number of likely N-dealkylation sites (tertiary alicyclic amines) is 1. The minimum Gasteiger partial charge on any atom is -0.473 e. The van der Waals surface area contributed by atoms with E-state index in [9.17, 15) is 13.6 Å². The first-order chi connectivity index (χ1) is 16.2. The summed E-state index contributed by atoms with van der Waals surface area (Å²) in [5.74, 6) is -0.372. The Morgan fingerprint density at radius 3 is 1.97 bits per heavy atom. The third-order valence-electron chi connectivity index (χ3n) is 5.37. The van der Waals surface area contributed by atoms with E-state index in [1.807, 2.05) is 20.8 Å². The summed E-state index contributed by atoms with van der Waals surface area (Å²) in [6.07, 6.45) is 2.34. The fourth-order valence-electron chi connectivity index (χ4n) is 3.71. The summed E-state index contributed by atoms with van der Waals surface area (Å²) >= 11 is 0. The number of carbonyl (C=O) groups excluding carboxylic acids is 1. The maximum absolute atomic E-state index is 13.5. The summed E-state index contributed by atoms with van der Waals surface area (Å²) in [4.78, 5) is 23.2. The predicted molar refractivity (Wildman–Crippen MR) is 124 cm³/mol. The SMILES string of the molecule is CC(C)(C)OC(=O)N1CCC(Oc2cnc(-c3ccc(F)cc3)c(-c3ccc(F)cc3)n2)CC1. The van der Waals surface area contributed by atoms with Gasteiger partial charge in [0.25, 0.3) is 0 Å². The van der Waals surface area contributed by atoms with E-state index in [1.54, 1.807) is 29.2 Å². The zero-order valence-electron chi connectivity index (χ0n) is 19.4. The zero-order valence-corrected chi connectivity index (χ0v) is 19.4. The maximum Gasteiger partial charge on any atom is 0.410 e. The lowest BCUT2D eigenvalue weighted by Crippen LogP contribution is -2.44. The number of rotatable bonds is 4. The number of aromatic nitrogens is 2. The first-order valence-electron chi connectivity index (χ1n) is 11.2. The van der Waals surface area contributed by atoms with Crippen molar-refractivity contribution < 1.29 is 23.0 Å². The third kappa shape index (κ3) is 5.87. The van der Waals surface area contributed by atoms with E-state index >= 15 is 0 Å². The van der Waals surface area contributed by atoms with Crippen molar-refractivity contribution in [1.29, 1.82) is 0 Å². The lowest BCUT2D eigenvalue weighted by atomic mass is 10.0. The van der Waals surface area contributed by atoms with Crippen molar-refractivity contribution in [3.05, 3.63) is 66.4 Å². The molecule has 1 fully saturated rings. The third-order valence-corrected chi connectivity index (χ3v) is 5.37. The van der Waals surface area contributed by atoms with Gasteiger partial charge in [0.1, 0.15) is 29.0 Å². The van der Waals surface area contributed by atoms with Gasteiger partial charge in [0.05, 0.1) is 11.9 Å². The minimum absolute atomic E-state index is 0.134. The van der Waals surface area contributed by atoms with Gasteiger partial charge in [-0.05, 0) is 69.3 Å². The minimum atomic E-state index is -0.539. The number of benzene rings is 2. The number of ether oxygens (including phenoxy) is 2. The molecule has 34 heavy (non-hydrogen) atoms. The van der Waals surface area contributed by atoms with Gasteiger partial charge in [-0.1, -0.05) is 0 Å². The molecule has 1 amide bonds. The molecule has 1 aromatic heterocycles. The van der Waals surface area contributed by atoms with Crippen LogP contribution in [0.3, 0.4) is 0 Å². The molecule has 1 aliphatic heterocycles. The second kappa shape index (κ2) is 9.75. The van der Waals surface area contributed by atoms with Crippen LogP contribution in [0.2, 0.25) is 0 Å². The topological polar surface area (TPSA) is 64.5 Å². The number of hydrogen-bond donors (Lipinski definition) is 0. The van der Waals surface area contributed by atoms with E-state index in [0.29, 0.717) is 54.3 Å². The molecule has 8 heteroatoms. The van der Waals surface area contributed by atoms with E-state index in [4.69, 9.17) is 9.47 Å². The average molecular weight is 468 g/mol. The summed E-state index contributed by atoms with van der Waals surface area (Å²) in [6.45, 7) is 6.56. The van der Waals surface area contributed by atoms with Crippen LogP contribution in [0, 0.1) is 11.6 Å². The molecule has 1 aliphatic rings. The molecule has 2 aromatic carbocycles. The molecule has 6 nitrogen and oxygen atoms in total. The van der Waals surface area contributed by atoms with E-state index in [1.165, 1.54) is 30.5 Å². The van der Waals surface area contributed by atoms with Gasteiger partial charge in [-0.2, -0.15) is 0 Å². The Kier molecular flexibility index (Phi) is 6.77. The Morgan fingerprint density at radius 2 is 1.44 bits per heavy atom. The molecule has 0 radical (unpaired) electrons. The van der Waals surface area contributed by atoms with Crippen molar-refractivity contribution in [3.8, 4) is 28.4 Å². The highest BCUT2D eigenvalue weighted by Gasteiger charge is 2.28. The normalized spacial score (nSPS) is 14.7. The molecule has 0 atom stereocenters. The Labute approximate surface area is 197 Å². The van der Waals surface area contributed by atoms with Gasteiger partial charge in [0.15, 0.2) is 0 Å². The van der Waals surface area contributed by atoms with Gasteiger partial charge in [-0.15, -0.1) is 0 Å². The van der Waals surface area contributed by atoms with E-state index < -0.39 is 5.60 Å². The molecule has 0 unspecified atom stereocenters. The van der Waals surface area contributed by atoms with Crippen molar-refractivity contribution in [2.75, 3.05) is 13.1 Å². The second-order valence-electron chi connectivity index (χ2n) is 9.20. The molecule has 3 aromatic rings. The highest BCUT2D eigenvalue weighted by atomic mass is 19.1. The molecule has 1 saturated heterocycles. The Bertz CT molecular complexity index is 1140. The smallest absolute Gasteiger partial charge is 0.410 e. The van der Waals surface area contributed by atoms with Crippen LogP contribution in [0.4, 0.5) is 13.6 Å². The summed E-state index contributed by atoms with van der Waals surface area (Å²) in [5, 5.41) is 0. The van der Waals surface area contributed by atoms with Crippen molar-refractivity contribution in [2.24, 2.45) is 0 Å². The number of nitrogens with zero attached hydrogens (tertiary/aromatic N) is 3. The first kappa shape index (κ1) is 23.6. The molecule has 0 N–H and O–H groups in total. The fourth-order valence-corrected chi connectivity index (χ4v) is 3.71. The average Bonchev–Trinajstić information content (AvgIpc) is 2.80. The van der Waals surface area contributed by atoms with Crippen LogP contribution in [0.15, 0.2) is 54.7 Å². The van der Waals surface area contributed by atoms with Crippen molar-refractivity contribution >= 4 is 6.09 Å². The van der Waals surface area contributed by atoms with Crippen LogP contribution in [0.1, 0.15) is 33.6 Å². The van der Waals surface area contributed by atoms with Crippen LogP contribution in [0.25, 0.3) is 22.5 Å². The summed E-state index contributed by atoms with van der Waals surface area (Å²) in [7, 11) is 0. The number of amides is 1. The highest BCUT2D eigenvalue weighted by molar-refractivity contribution is 5.78. The molecular weight excluding hydrogens is 440 g/mol. The fraction of sp³-hybridized carbons (Fsp3) is 0.346. The van der Waals surface area contributed by atoms with Crippen molar-refractivity contribution in [1.82, 2.24) is 14.9 Å². The van der Waals surface area contributed by atoms with Crippen LogP contribution in [-0.4, -0.2) is 45.8 Å². The van der Waals surface area contributed by atoms with E-state index in [2.05, 4.69) is 9.97 Å². The predicted octanol–water partition coefficient (Wildman–Crippen LogP) is 5.87. The molecule has 0 aliphatic carbocycles. The number of carbonyl (C=O) groups is 1. The maximum atomic E-state index is 13.5. The Hall–Kier alpha value is -3.55. The lowest BCUT2D eigenvalue weighted by Gasteiger charge is -2.33. The van der Waals surface area contributed by atoms with Gasteiger partial charge >= 0.3 is 6.09 Å². The van der Waals surface area contributed by atoms with Gasteiger partial charge in [-0.3, -0.25) is 0 Å². The standard InChI is InChI=1S/C26H27F2N3O3/c1-26(2,3)34-25(32)31-14-12-21(13-15-31)33-22-16-29-23(17-4-8-19(27)9-5-17)24(30-22)18-6-10-20(28)11-7-18/h4-11,16,21H,12-15H2,1-3H3. The Balaban J connectivity index is 1.52. The van der Waals surface area contributed by atoms with Crippen LogP contribution in [-0.2, 0) is 4.74 Å². The quantitative estimate of drug-likeness (QED) is 0.480. The van der Waals surface area contributed by atoms with Gasteiger partial charge in [0, 0.05) is 37.1 Å². The number of piperidine rings is 1. The van der Waals surface area contributed by atoms with E-state index in [0.717, 1.165) is 0 Å². The first-order valence-corrected chi connectivity index (χ1v) is 11.2. The van der Waals surface area contributed by atoms with E-state index in [-0.39, 0.29) is 23.8 Å². The molecule has 178 valence electrons. The van der Waals surface area contributed by atoms with Crippen LogP contribution in [0.5, 0.6) is 5.88 Å². The number of hydrogen-bond acceptors (Lipinski definition) is 5. The molecule has 0 bridgehead atoms. The summed E-state index contributed by atoms with van der Waals surface area (Å²) in [6, 6.07) is 11.9. The van der Waals surface area contributed by atoms with Crippen LogP contribution >= 0.6 is 0 Å². The van der Waals surface area contributed by atoms with Crippen molar-refractivity contribution in [2.45, 2.75) is 45.3 Å². The molecular formula is C26H27F2N3O3. The van der Waals surface area contributed by atoms with Gasteiger partial charge < -0.3 is 14.4 Å². The molecule has 0 saturated carbocycles.